The monoisotopic (exact) mass is 511 g/mol. The molecule has 3 heteroatoms. The molecule has 0 atom stereocenters. The van der Waals surface area contributed by atoms with E-state index in [0.29, 0.717) is 17.4 Å². The molecule has 0 amide bonds. The minimum atomic E-state index is -2.16. The van der Waals surface area contributed by atoms with E-state index in [9.17, 15) is 0 Å². The van der Waals surface area contributed by atoms with Gasteiger partial charge in [-0.25, -0.2) is 4.98 Å². The number of hydrogen-bond acceptors (Lipinski definition) is 2. The summed E-state index contributed by atoms with van der Waals surface area (Å²) in [7, 11) is 0. The summed E-state index contributed by atoms with van der Waals surface area (Å²) in [5.74, 6) is 1.48. The molecule has 5 aromatic carbocycles. The van der Waals surface area contributed by atoms with Crippen molar-refractivity contribution in [1.82, 2.24) is 9.55 Å². The van der Waals surface area contributed by atoms with Gasteiger partial charge in [-0.2, -0.15) is 0 Å². The summed E-state index contributed by atoms with van der Waals surface area (Å²) in [6.45, 7) is 6.80. The fraction of sp³-hybridized carbons (Fsp3) is 0.194. The number of benzene rings is 5. The molecular formula is C36H32N2O. The Morgan fingerprint density at radius 3 is 2.28 bits per heavy atom. The molecule has 3 nitrogen and oxygen atoms in total. The van der Waals surface area contributed by atoms with Gasteiger partial charge >= 0.3 is 0 Å². The first-order valence-corrected chi connectivity index (χ1v) is 13.6. The van der Waals surface area contributed by atoms with Crippen molar-refractivity contribution in [2.75, 3.05) is 0 Å². The van der Waals surface area contributed by atoms with Crippen LogP contribution in [-0.2, 0) is 0 Å². The summed E-state index contributed by atoms with van der Waals surface area (Å²) in [5, 5.41) is 3.75. The third-order valence-electron chi connectivity index (χ3n) is 7.82. The van der Waals surface area contributed by atoms with Crippen LogP contribution in [0.1, 0.15) is 60.3 Å². The molecule has 0 aliphatic heterocycles. The van der Waals surface area contributed by atoms with Crippen molar-refractivity contribution in [3.8, 4) is 17.1 Å². The third-order valence-corrected chi connectivity index (χ3v) is 7.82. The Hall–Kier alpha value is -4.37. The zero-order valence-electron chi connectivity index (χ0n) is 25.6. The molecule has 0 saturated carbocycles. The number of furan rings is 1. The van der Waals surface area contributed by atoms with E-state index in [0.717, 1.165) is 55.1 Å². The standard InChI is InChI=1S/C36H32N2O/c1-21(2)26-10-8-11-27(22(3)4)34(26)38-32-15-7-6-14-31(32)37-36(38)29-13-9-12-28-30-19-25-18-23(5)16-17-24(25)20-33(30)39-35(28)29/h6-22H,1-5H3/i5D3. The highest BCUT2D eigenvalue weighted by atomic mass is 16.3. The van der Waals surface area contributed by atoms with Crippen LogP contribution in [0.3, 0.4) is 0 Å². The smallest absolute Gasteiger partial charge is 0.149 e. The van der Waals surface area contributed by atoms with Gasteiger partial charge in [0.25, 0.3) is 0 Å². The molecule has 2 aromatic heterocycles. The number of aromatic nitrogens is 2. The molecule has 7 aromatic rings. The molecule has 39 heavy (non-hydrogen) atoms. The van der Waals surface area contributed by atoms with Crippen LogP contribution in [0.25, 0.3) is 60.8 Å². The van der Waals surface area contributed by atoms with Crippen molar-refractivity contribution in [3.05, 3.63) is 108 Å². The number of imidazole rings is 1. The van der Waals surface area contributed by atoms with Gasteiger partial charge in [0.1, 0.15) is 17.0 Å². The lowest BCUT2D eigenvalue weighted by Crippen LogP contribution is -2.08. The summed E-state index contributed by atoms with van der Waals surface area (Å²) < 4.78 is 32.5. The second-order valence-electron chi connectivity index (χ2n) is 11.0. The van der Waals surface area contributed by atoms with Crippen LogP contribution >= 0.6 is 0 Å². The van der Waals surface area contributed by atoms with E-state index in [-0.39, 0.29) is 0 Å². The molecule has 0 bridgehead atoms. The minimum Gasteiger partial charge on any atom is -0.455 e. The van der Waals surface area contributed by atoms with Gasteiger partial charge in [0, 0.05) is 14.9 Å². The fourth-order valence-electron chi connectivity index (χ4n) is 5.92. The van der Waals surface area contributed by atoms with Gasteiger partial charge in [0.2, 0.25) is 0 Å². The normalized spacial score (nSPS) is 13.6. The number of hydrogen-bond donors (Lipinski definition) is 0. The van der Waals surface area contributed by atoms with Gasteiger partial charge in [-0.1, -0.05) is 93.9 Å². The zero-order chi connectivity index (χ0) is 29.3. The van der Waals surface area contributed by atoms with Crippen LogP contribution in [0.5, 0.6) is 0 Å². The van der Waals surface area contributed by atoms with E-state index in [4.69, 9.17) is 13.5 Å². The van der Waals surface area contributed by atoms with Crippen molar-refractivity contribution in [1.29, 1.82) is 0 Å². The van der Waals surface area contributed by atoms with Crippen LogP contribution in [-0.4, -0.2) is 9.55 Å². The topological polar surface area (TPSA) is 31.0 Å². The molecule has 0 saturated heterocycles. The van der Waals surface area contributed by atoms with Gasteiger partial charge in [-0.3, -0.25) is 4.57 Å². The maximum absolute atomic E-state index is 7.86. The summed E-state index contributed by atoms with van der Waals surface area (Å²) >= 11 is 0. The number of fused-ring (bicyclic) bond motifs is 5. The van der Waals surface area contributed by atoms with Crippen molar-refractivity contribution in [2.45, 2.75) is 46.4 Å². The molecular weight excluding hydrogens is 476 g/mol. The van der Waals surface area contributed by atoms with E-state index < -0.39 is 6.85 Å². The van der Waals surface area contributed by atoms with Crippen LogP contribution in [0, 0.1) is 6.85 Å². The molecule has 192 valence electrons. The summed E-state index contributed by atoms with van der Waals surface area (Å²) in [5.41, 5.74) is 8.50. The quantitative estimate of drug-likeness (QED) is 0.235. The van der Waals surface area contributed by atoms with Crippen molar-refractivity contribution >= 4 is 43.7 Å². The maximum Gasteiger partial charge on any atom is 0.149 e. The SMILES string of the molecule is [2H]C([2H])([2H])c1ccc2cc3oc4c(-c5nc6ccccc6n5-c5c(C(C)C)cccc5C(C)C)cccc4c3cc2c1. The summed E-state index contributed by atoms with van der Waals surface area (Å²) in [6, 6.07) is 30.5. The second-order valence-corrected chi connectivity index (χ2v) is 11.0. The van der Waals surface area contributed by atoms with Crippen LogP contribution < -0.4 is 0 Å². The molecule has 0 aliphatic carbocycles. The minimum absolute atomic E-state index is 0.321. The van der Waals surface area contributed by atoms with E-state index >= 15 is 0 Å². The molecule has 0 unspecified atom stereocenters. The van der Waals surface area contributed by atoms with E-state index in [1.807, 2.05) is 24.3 Å². The molecule has 0 spiro atoms. The van der Waals surface area contributed by atoms with Gasteiger partial charge in [-0.15, -0.1) is 0 Å². The van der Waals surface area contributed by atoms with Crippen LogP contribution in [0.4, 0.5) is 0 Å². The van der Waals surface area contributed by atoms with Crippen LogP contribution in [0.15, 0.2) is 95.4 Å². The summed E-state index contributed by atoms with van der Waals surface area (Å²) in [4.78, 5) is 5.21. The molecule has 0 aliphatic rings. The van der Waals surface area contributed by atoms with Gasteiger partial charge in [0.05, 0.1) is 22.3 Å². The van der Waals surface area contributed by atoms with Crippen molar-refractivity contribution in [3.63, 3.8) is 0 Å². The number of para-hydroxylation sites is 4. The highest BCUT2D eigenvalue weighted by molar-refractivity contribution is 6.13. The van der Waals surface area contributed by atoms with Crippen molar-refractivity contribution < 1.29 is 8.53 Å². The Morgan fingerprint density at radius 2 is 1.51 bits per heavy atom. The molecule has 7 rings (SSSR count). The Balaban J connectivity index is 1.55. The molecule has 0 N–H and O–H groups in total. The molecule has 0 fully saturated rings. The van der Waals surface area contributed by atoms with E-state index in [2.05, 4.69) is 86.9 Å². The number of aryl methyl sites for hydroxylation is 1. The largest absolute Gasteiger partial charge is 0.455 e. The highest BCUT2D eigenvalue weighted by Crippen LogP contribution is 2.41. The van der Waals surface area contributed by atoms with E-state index in [1.54, 1.807) is 12.1 Å². The first kappa shape index (κ1) is 20.6. The van der Waals surface area contributed by atoms with Gasteiger partial charge in [0.15, 0.2) is 0 Å². The highest BCUT2D eigenvalue weighted by Gasteiger charge is 2.24. The lowest BCUT2D eigenvalue weighted by molar-refractivity contribution is 0.670. The second kappa shape index (κ2) is 8.84. The van der Waals surface area contributed by atoms with Crippen LogP contribution in [0.2, 0.25) is 0 Å². The molecule has 0 radical (unpaired) electrons. The van der Waals surface area contributed by atoms with Crippen molar-refractivity contribution in [2.24, 2.45) is 0 Å². The molecule has 2 heterocycles. The lowest BCUT2D eigenvalue weighted by atomic mass is 9.92. The average molecular weight is 512 g/mol. The Labute approximate surface area is 232 Å². The lowest BCUT2D eigenvalue weighted by Gasteiger charge is -2.22. The Kier molecular flexibility index (Phi) is 4.67. The first-order chi connectivity index (χ1) is 20.1. The Bertz CT molecular complexity index is 2120. The number of nitrogens with zero attached hydrogens (tertiary/aromatic N) is 2. The Morgan fingerprint density at radius 1 is 0.744 bits per heavy atom. The van der Waals surface area contributed by atoms with Gasteiger partial charge in [-0.05, 0) is 70.9 Å². The zero-order valence-corrected chi connectivity index (χ0v) is 22.6. The average Bonchev–Trinajstić information content (AvgIpc) is 3.52. The summed E-state index contributed by atoms with van der Waals surface area (Å²) in [6.07, 6.45) is 0. The first-order valence-electron chi connectivity index (χ1n) is 15.1. The number of rotatable bonds is 4. The fourth-order valence-corrected chi connectivity index (χ4v) is 5.92. The van der Waals surface area contributed by atoms with E-state index in [1.165, 1.54) is 16.8 Å². The third kappa shape index (κ3) is 3.68. The predicted octanol–water partition coefficient (Wildman–Crippen LogP) is 10.3. The van der Waals surface area contributed by atoms with Gasteiger partial charge < -0.3 is 4.42 Å². The predicted molar refractivity (Wildman–Crippen MR) is 164 cm³/mol. The maximum atomic E-state index is 7.86.